The number of thiophene rings is 1. The summed E-state index contributed by atoms with van der Waals surface area (Å²) in [7, 11) is 1.62. The van der Waals surface area contributed by atoms with Gasteiger partial charge in [0.2, 0.25) is 0 Å². The minimum Gasteiger partial charge on any atom is -0.373 e. The molecular weight excluding hydrogens is 442 g/mol. The number of fused-ring (bicyclic) bond motifs is 3. The fourth-order valence-electron chi connectivity index (χ4n) is 3.32. The van der Waals surface area contributed by atoms with Crippen LogP contribution >= 0.6 is 27.3 Å². The van der Waals surface area contributed by atoms with Crippen LogP contribution in [0.5, 0.6) is 0 Å². The number of nitrogens with zero attached hydrogens (tertiary/aromatic N) is 1. The second-order valence-corrected chi connectivity index (χ2v) is 8.54. The molecule has 0 radical (unpaired) electrons. The third-order valence-corrected chi connectivity index (χ3v) is 6.15. The van der Waals surface area contributed by atoms with Gasteiger partial charge in [-0.15, -0.1) is 11.3 Å². The zero-order valence-electron chi connectivity index (χ0n) is 14.0. The maximum absolute atomic E-state index is 13.9. The predicted octanol–water partition coefficient (Wildman–Crippen LogP) is 3.97. The van der Waals surface area contributed by atoms with Crippen molar-refractivity contribution in [2.75, 3.05) is 13.7 Å². The predicted molar refractivity (Wildman–Crippen MR) is 101 cm³/mol. The molecule has 0 spiro atoms. The molecule has 1 amide bonds. The zero-order valence-corrected chi connectivity index (χ0v) is 16.4. The molecule has 5 nitrogen and oxygen atoms in total. The first-order valence-electron chi connectivity index (χ1n) is 7.99. The molecule has 4 rings (SSSR count). The third-order valence-electron chi connectivity index (χ3n) is 4.64. The van der Waals surface area contributed by atoms with Gasteiger partial charge in [-0.05, 0) is 39.5 Å². The second-order valence-electron chi connectivity index (χ2n) is 6.24. The van der Waals surface area contributed by atoms with Crippen molar-refractivity contribution < 1.29 is 18.3 Å². The van der Waals surface area contributed by atoms with Crippen molar-refractivity contribution in [3.05, 3.63) is 66.2 Å². The van der Waals surface area contributed by atoms with Gasteiger partial charge in [-0.1, -0.05) is 0 Å². The average molecular weight is 455 g/mol. The highest BCUT2D eigenvalue weighted by Gasteiger charge is 2.31. The van der Waals surface area contributed by atoms with Crippen molar-refractivity contribution in [2.45, 2.75) is 12.6 Å². The Kier molecular flexibility index (Phi) is 4.61. The molecule has 9 heteroatoms. The van der Waals surface area contributed by atoms with E-state index < -0.39 is 23.2 Å². The number of hydrogen-bond acceptors (Lipinski definition) is 4. The number of amides is 1. The topological polar surface area (TPSA) is 62.4 Å². The molecule has 0 fully saturated rings. The number of nitrogens with one attached hydrogen (secondary N) is 1. The van der Waals surface area contributed by atoms with Crippen molar-refractivity contribution in [1.82, 2.24) is 9.88 Å². The van der Waals surface area contributed by atoms with E-state index in [1.807, 2.05) is 0 Å². The largest absolute Gasteiger partial charge is 0.373 e. The number of pyridine rings is 1. The Morgan fingerprint density at radius 1 is 1.30 bits per heavy atom. The van der Waals surface area contributed by atoms with E-state index in [-0.39, 0.29) is 29.9 Å². The Hall–Kier alpha value is -2.10. The van der Waals surface area contributed by atoms with Gasteiger partial charge in [0, 0.05) is 23.7 Å². The summed E-state index contributed by atoms with van der Waals surface area (Å²) >= 11 is 4.72. The number of H-pyrrole nitrogens is 1. The highest BCUT2D eigenvalue weighted by molar-refractivity contribution is 9.11. The van der Waals surface area contributed by atoms with E-state index in [1.165, 1.54) is 16.2 Å². The minimum atomic E-state index is -1.09. The molecule has 1 N–H and O–H groups in total. The van der Waals surface area contributed by atoms with E-state index in [0.29, 0.717) is 16.8 Å². The van der Waals surface area contributed by atoms with Gasteiger partial charge in [-0.2, -0.15) is 0 Å². The van der Waals surface area contributed by atoms with E-state index in [2.05, 4.69) is 20.9 Å². The summed E-state index contributed by atoms with van der Waals surface area (Å²) in [5.41, 5.74) is 1.01. The molecule has 1 aromatic carbocycles. The van der Waals surface area contributed by atoms with Crippen molar-refractivity contribution >= 4 is 43.9 Å². The molecule has 27 heavy (non-hydrogen) atoms. The van der Waals surface area contributed by atoms with Crippen LogP contribution in [-0.2, 0) is 11.3 Å². The number of benzene rings is 1. The quantitative estimate of drug-likeness (QED) is 0.636. The summed E-state index contributed by atoms with van der Waals surface area (Å²) in [5, 5.41) is 2.05. The highest BCUT2D eigenvalue weighted by Crippen LogP contribution is 2.34. The SMILES string of the molecule is CN(C(=O)c1csc(Br)c1)[C@@H]1COCc2[nH]c(=O)c3cc(F)c(F)cc3c21. The number of hydrogen-bond donors (Lipinski definition) is 1. The zero-order chi connectivity index (χ0) is 19.3. The first kappa shape index (κ1) is 18.3. The van der Waals surface area contributed by atoms with Gasteiger partial charge >= 0.3 is 0 Å². The lowest BCUT2D eigenvalue weighted by Crippen LogP contribution is -2.37. The lowest BCUT2D eigenvalue weighted by molar-refractivity contribution is 0.0336. The van der Waals surface area contributed by atoms with Gasteiger partial charge in [0.05, 0.1) is 34.0 Å². The van der Waals surface area contributed by atoms with Gasteiger partial charge in [0.25, 0.3) is 11.5 Å². The van der Waals surface area contributed by atoms with Crippen LogP contribution in [-0.4, -0.2) is 29.4 Å². The summed E-state index contributed by atoms with van der Waals surface area (Å²) in [6.07, 6.45) is 0. The molecule has 3 heterocycles. The number of likely N-dealkylation sites (N-methyl/N-ethyl adjacent to an activating group) is 1. The van der Waals surface area contributed by atoms with Crippen LogP contribution in [0.1, 0.15) is 27.7 Å². The summed E-state index contributed by atoms with van der Waals surface area (Å²) in [5.74, 6) is -2.37. The summed E-state index contributed by atoms with van der Waals surface area (Å²) in [6, 6.07) is 3.06. The fraction of sp³-hybridized carbons (Fsp3) is 0.222. The van der Waals surface area contributed by atoms with Crippen molar-refractivity contribution in [2.24, 2.45) is 0 Å². The Labute approximate surface area is 164 Å². The van der Waals surface area contributed by atoms with Gasteiger partial charge in [-0.3, -0.25) is 9.59 Å². The number of carbonyl (C=O) groups excluding carboxylic acids is 1. The molecule has 0 saturated heterocycles. The van der Waals surface area contributed by atoms with E-state index in [4.69, 9.17) is 4.74 Å². The van der Waals surface area contributed by atoms with Crippen LogP contribution in [0.4, 0.5) is 8.78 Å². The lowest BCUT2D eigenvalue weighted by Gasteiger charge is -2.33. The molecule has 3 aromatic rings. The van der Waals surface area contributed by atoms with Crippen LogP contribution in [0.15, 0.2) is 32.2 Å². The normalized spacial score (nSPS) is 16.4. The first-order valence-corrected chi connectivity index (χ1v) is 9.67. The summed E-state index contributed by atoms with van der Waals surface area (Å²) in [4.78, 5) is 29.3. The molecule has 0 aliphatic carbocycles. The van der Waals surface area contributed by atoms with Crippen LogP contribution in [0, 0.1) is 11.6 Å². The number of carbonyl (C=O) groups is 1. The Morgan fingerprint density at radius 3 is 2.67 bits per heavy atom. The van der Waals surface area contributed by atoms with Crippen molar-refractivity contribution in [1.29, 1.82) is 0 Å². The number of aromatic nitrogens is 1. The average Bonchev–Trinajstić information content (AvgIpc) is 3.08. The Bertz CT molecular complexity index is 1130. The van der Waals surface area contributed by atoms with Crippen LogP contribution in [0.2, 0.25) is 0 Å². The van der Waals surface area contributed by atoms with Crippen LogP contribution in [0.25, 0.3) is 10.8 Å². The molecule has 1 aliphatic rings. The second kappa shape index (κ2) is 6.81. The molecule has 0 bridgehead atoms. The molecule has 1 atom stereocenters. The van der Waals surface area contributed by atoms with Crippen molar-refractivity contribution in [3.63, 3.8) is 0 Å². The van der Waals surface area contributed by atoms with E-state index in [0.717, 1.165) is 15.9 Å². The Balaban J connectivity index is 1.87. The van der Waals surface area contributed by atoms with Gasteiger partial charge < -0.3 is 14.6 Å². The van der Waals surface area contributed by atoms with Crippen LogP contribution in [0.3, 0.4) is 0 Å². The first-order chi connectivity index (χ1) is 12.9. The number of ether oxygens (including phenoxy) is 1. The standard InChI is InChI=1S/C18H13BrF2N2O3S/c1-23(18(25)8-2-15(19)27-7-8)14-6-26-5-13-16(14)9-3-11(20)12(21)4-10(9)17(24)22-13/h2-4,7,14H,5-6H2,1H3,(H,22,24)/t14-/m1/s1. The monoisotopic (exact) mass is 454 g/mol. The Morgan fingerprint density at radius 2 is 2.00 bits per heavy atom. The fourth-order valence-corrected chi connectivity index (χ4v) is 4.45. The third kappa shape index (κ3) is 3.09. The van der Waals surface area contributed by atoms with Crippen molar-refractivity contribution in [3.8, 4) is 0 Å². The number of halogens is 3. The molecule has 0 unspecified atom stereocenters. The van der Waals surface area contributed by atoms with E-state index >= 15 is 0 Å². The maximum Gasteiger partial charge on any atom is 0.256 e. The molecule has 1 aliphatic heterocycles. The number of aromatic amines is 1. The van der Waals surface area contributed by atoms with Gasteiger partial charge in [0.15, 0.2) is 11.6 Å². The number of rotatable bonds is 2. The summed E-state index contributed by atoms with van der Waals surface area (Å²) < 4.78 is 33.9. The van der Waals surface area contributed by atoms with E-state index in [1.54, 1.807) is 18.5 Å². The smallest absolute Gasteiger partial charge is 0.256 e. The van der Waals surface area contributed by atoms with Gasteiger partial charge in [0.1, 0.15) is 0 Å². The molecule has 140 valence electrons. The lowest BCUT2D eigenvalue weighted by atomic mass is 9.95. The maximum atomic E-state index is 13.9. The molecule has 0 saturated carbocycles. The molecular formula is C18H13BrF2N2O3S. The minimum absolute atomic E-state index is 0.0404. The molecule has 2 aromatic heterocycles. The van der Waals surface area contributed by atoms with Gasteiger partial charge in [-0.25, -0.2) is 8.78 Å². The van der Waals surface area contributed by atoms with E-state index in [9.17, 15) is 18.4 Å². The van der Waals surface area contributed by atoms with Crippen LogP contribution < -0.4 is 5.56 Å². The summed E-state index contributed by atoms with van der Waals surface area (Å²) in [6.45, 7) is 0.308. The highest BCUT2D eigenvalue weighted by atomic mass is 79.9.